The van der Waals surface area contributed by atoms with Gasteiger partial charge in [-0.15, -0.1) is 0 Å². The highest BCUT2D eigenvalue weighted by atomic mass is 19.1. The first-order chi connectivity index (χ1) is 55.9. The van der Waals surface area contributed by atoms with E-state index in [-0.39, 0.29) is 95.3 Å². The number of allylic oxidation sites excluding steroid dienone is 4. The van der Waals surface area contributed by atoms with Crippen LogP contribution in [0, 0.1) is 51.2 Å². The van der Waals surface area contributed by atoms with E-state index in [2.05, 4.69) is 93.0 Å². The second-order valence-electron chi connectivity index (χ2n) is 30.4. The number of halogens is 2. The minimum Gasteiger partial charge on any atom is -0.508 e. The minimum atomic E-state index is -0.536. The number of benzene rings is 10. The van der Waals surface area contributed by atoms with Gasteiger partial charge in [0.05, 0.1) is 0 Å². The van der Waals surface area contributed by atoms with Crippen LogP contribution in [-0.2, 0) is 80.1 Å². The summed E-state index contributed by atoms with van der Waals surface area (Å²) < 4.78 is 26.7. The van der Waals surface area contributed by atoms with Crippen LogP contribution in [0.5, 0.6) is 23.0 Å². The highest BCUT2D eigenvalue weighted by molar-refractivity contribution is 5.99. The molecular weight excluding hydrogens is 1460 g/mol. The van der Waals surface area contributed by atoms with Crippen LogP contribution in [0.2, 0.25) is 0 Å². The van der Waals surface area contributed by atoms with E-state index in [1.54, 1.807) is 73.1 Å². The summed E-state index contributed by atoms with van der Waals surface area (Å²) >= 11 is 0. The van der Waals surface area contributed by atoms with Gasteiger partial charge in [0, 0.05) is 143 Å². The van der Waals surface area contributed by atoms with Crippen LogP contribution in [0.25, 0.3) is 54.8 Å². The average Bonchev–Trinajstić information content (AvgIpc) is 1.70. The quantitative estimate of drug-likeness (QED) is 0.0245. The molecule has 0 spiro atoms. The number of hydrogen-bond acceptors (Lipinski definition) is 10. The second kappa shape index (κ2) is 37.0. The lowest BCUT2D eigenvalue weighted by molar-refractivity contribution is -0.126. The molecule has 2 atom stereocenters. The van der Waals surface area contributed by atoms with Crippen molar-refractivity contribution in [2.45, 2.75) is 118 Å². The number of H-pyrrole nitrogens is 4. The number of hydrogen-bond donors (Lipinski definition) is 10. The molecule has 2 unspecified atom stereocenters. The molecule has 2 aliphatic rings. The fraction of sp³-hybridized carbons (Fsp3) is 0.204. The molecule has 10 N–H and O–H groups in total. The third-order valence-electron chi connectivity index (χ3n) is 21.4. The Morgan fingerprint density at radius 1 is 0.353 bits per heavy atom. The molecular formula is C98H92F2N6O10. The number of anilines is 2. The van der Waals surface area contributed by atoms with Crippen molar-refractivity contribution >= 4 is 101 Å². The van der Waals surface area contributed by atoms with Gasteiger partial charge in [0.25, 0.3) is 0 Å². The summed E-state index contributed by atoms with van der Waals surface area (Å²) in [6, 6.07) is 60.5. The number of rotatable bonds is 26. The number of aromatic amines is 4. The number of phenolic OH excluding ortho intramolecular Hbond substituents is 4. The maximum atomic E-state index is 13.3. The first-order valence-electron chi connectivity index (χ1n) is 39.0. The molecule has 588 valence electrons. The summed E-state index contributed by atoms with van der Waals surface area (Å²) in [6.45, 7) is 8.20. The Labute approximate surface area is 671 Å². The van der Waals surface area contributed by atoms with Crippen molar-refractivity contribution < 1.29 is 58.0 Å². The number of carbonyl (C=O) groups excluding carboxylic acids is 6. The monoisotopic (exact) mass is 1550 g/mol. The number of aromatic nitrogens is 4. The van der Waals surface area contributed by atoms with Gasteiger partial charge in [-0.1, -0.05) is 119 Å². The Hall–Kier alpha value is -13.5. The number of amides is 2. The van der Waals surface area contributed by atoms with E-state index in [1.807, 2.05) is 86.9 Å². The van der Waals surface area contributed by atoms with Crippen LogP contribution in [-0.4, -0.2) is 75.3 Å². The molecule has 16 rings (SSSR count). The van der Waals surface area contributed by atoms with Crippen LogP contribution >= 0.6 is 0 Å². The van der Waals surface area contributed by atoms with E-state index >= 15 is 0 Å². The molecule has 14 aromatic rings. The van der Waals surface area contributed by atoms with E-state index in [0.29, 0.717) is 62.7 Å². The molecule has 0 saturated carbocycles. The zero-order valence-corrected chi connectivity index (χ0v) is 65.1. The molecule has 0 aliphatic heterocycles. The number of phenols is 4. The Morgan fingerprint density at radius 3 is 0.974 bits per heavy atom. The summed E-state index contributed by atoms with van der Waals surface area (Å²) in [5, 5.41) is 48.0. The summed E-state index contributed by atoms with van der Waals surface area (Å²) in [5.41, 5.74) is 22.3. The van der Waals surface area contributed by atoms with E-state index < -0.39 is 11.8 Å². The Morgan fingerprint density at radius 2 is 0.655 bits per heavy atom. The molecule has 2 amide bonds. The van der Waals surface area contributed by atoms with Crippen LogP contribution in [0.1, 0.15) is 116 Å². The van der Waals surface area contributed by atoms with Crippen LogP contribution in [0.3, 0.4) is 0 Å². The molecule has 2 aliphatic carbocycles. The summed E-state index contributed by atoms with van der Waals surface area (Å²) in [4.78, 5) is 89.9. The molecule has 0 saturated heterocycles. The lowest BCUT2D eigenvalue weighted by Crippen LogP contribution is -2.26. The third kappa shape index (κ3) is 21.2. The van der Waals surface area contributed by atoms with Crippen molar-refractivity contribution in [2.24, 2.45) is 11.8 Å². The minimum absolute atomic E-state index is 0.0554. The zero-order valence-electron chi connectivity index (χ0n) is 65.1. The van der Waals surface area contributed by atoms with E-state index in [1.165, 1.54) is 104 Å². The van der Waals surface area contributed by atoms with E-state index in [9.17, 15) is 58.0 Å². The normalized spacial score (nSPS) is 12.4. The number of nitrogens with one attached hydrogen (secondary N) is 6. The smallest absolute Gasteiger partial charge is 0.227 e. The fourth-order valence-electron chi connectivity index (χ4n) is 15.1. The largest absolute Gasteiger partial charge is 0.508 e. The van der Waals surface area contributed by atoms with Gasteiger partial charge in [0.15, 0.2) is 0 Å². The van der Waals surface area contributed by atoms with Gasteiger partial charge >= 0.3 is 0 Å². The average molecular weight is 1550 g/mol. The molecule has 16 nitrogen and oxygen atoms in total. The van der Waals surface area contributed by atoms with Gasteiger partial charge in [0.2, 0.25) is 11.8 Å². The standard InChI is InChI=1S/2C31H29FN2O3.2C18H17NO2/c2*1-19-2-3-20-4-5-21(28(20)14-19)6-7-22(31(37)34-25-10-8-24(32)9-11-25)15-27(36)16-23-18-33-30-13-12-26(35)17-29(23)30;2*1-12-2-4-13(5-3-12)8-16(21)9-14-11-19-18-7-6-15(20)10-17(14)18/h2*2-3,5,8-14,17-18,22,33,35H,4,6-7,15-16H2,1H3,(H,34,37);2*2-7,10-11,19-20H,8-9H2,1H3/i32-1;;;. The van der Waals surface area contributed by atoms with Crippen molar-refractivity contribution in [2.75, 3.05) is 10.6 Å². The lowest BCUT2D eigenvalue weighted by atomic mass is 9.90. The van der Waals surface area contributed by atoms with Gasteiger partial charge in [0.1, 0.15) is 57.8 Å². The topological polar surface area (TPSA) is 271 Å². The number of aryl methyl sites for hydroxylation is 4. The molecule has 0 bridgehead atoms. The molecule has 18 heteroatoms. The van der Waals surface area contributed by atoms with Crippen LogP contribution < -0.4 is 10.6 Å². The first-order valence-corrected chi connectivity index (χ1v) is 39.0. The molecule has 0 radical (unpaired) electrons. The Bertz CT molecular complexity index is 5640. The van der Waals surface area contributed by atoms with Crippen molar-refractivity contribution in [3.63, 3.8) is 0 Å². The summed E-state index contributed by atoms with van der Waals surface area (Å²) in [6.07, 6.45) is 17.9. The zero-order chi connectivity index (χ0) is 81.5. The molecule has 116 heavy (non-hydrogen) atoms. The molecule has 4 aromatic heterocycles. The van der Waals surface area contributed by atoms with Gasteiger partial charge in [-0.2, -0.15) is 0 Å². The van der Waals surface area contributed by atoms with Crippen molar-refractivity contribution in [3.05, 3.63) is 333 Å². The molecule has 10 aromatic carbocycles. The van der Waals surface area contributed by atoms with Gasteiger partial charge < -0.3 is 51.0 Å². The first kappa shape index (κ1) is 80.6. The number of ketones is 4. The predicted octanol–water partition coefficient (Wildman–Crippen LogP) is 20.1. The Kier molecular flexibility index (Phi) is 25.7. The van der Waals surface area contributed by atoms with Crippen LogP contribution in [0.4, 0.5) is 20.2 Å². The van der Waals surface area contributed by atoms with E-state index in [4.69, 9.17) is 0 Å². The third-order valence-corrected chi connectivity index (χ3v) is 21.4. The Balaban J connectivity index is 0.000000139. The number of aromatic hydroxyl groups is 4. The fourth-order valence-corrected chi connectivity index (χ4v) is 15.1. The highest BCUT2D eigenvalue weighted by Gasteiger charge is 2.28. The summed E-state index contributed by atoms with van der Waals surface area (Å²) in [7, 11) is 0. The number of Topliss-reactive ketones (excluding diaryl/α,β-unsaturated/α-hetero) is 4. The predicted molar refractivity (Wildman–Crippen MR) is 455 cm³/mol. The number of carbonyl (C=O) groups is 6. The second-order valence-corrected chi connectivity index (χ2v) is 30.4. The van der Waals surface area contributed by atoms with Crippen molar-refractivity contribution in [1.29, 1.82) is 0 Å². The molecule has 0 fully saturated rings. The number of fused-ring (bicyclic) bond motifs is 6. The lowest BCUT2D eigenvalue weighted by Gasteiger charge is -2.17. The van der Waals surface area contributed by atoms with Crippen molar-refractivity contribution in [1.82, 2.24) is 19.9 Å². The summed E-state index contributed by atoms with van der Waals surface area (Å²) in [5.74, 6) is -1.39. The van der Waals surface area contributed by atoms with Crippen LogP contribution in [0.15, 0.2) is 243 Å². The maximum absolute atomic E-state index is 13.3. The van der Waals surface area contributed by atoms with E-state index in [0.717, 1.165) is 89.8 Å². The maximum Gasteiger partial charge on any atom is 0.227 e. The SMILES string of the molecule is Cc1ccc(CC(=O)Cc2c[nH]c3ccc(O)cc23)cc1.Cc1ccc(CC(=O)Cc2c[nH]c3ccc(O)cc23)cc1.Cc1ccc2c(c1)C(CCC(CC(=O)Cc1c[nH]c3ccc(O)cc13)C(=O)Nc1ccc(F)cc1)=CC2.Cc1ccc2c(c1)C(CCC(CC(=O)Cc1c[nH]c3ccc(O)cc13)C(=O)Nc1ccc([18F])cc1)=CC2. The van der Waals surface area contributed by atoms with Gasteiger partial charge in [-0.25, -0.2) is 8.78 Å². The van der Waals surface area contributed by atoms with Gasteiger partial charge in [-0.3, -0.25) is 28.8 Å². The van der Waals surface area contributed by atoms with Gasteiger partial charge in [-0.05, 0) is 254 Å². The molecule has 4 heterocycles. The highest BCUT2D eigenvalue weighted by Crippen LogP contribution is 2.37. The van der Waals surface area contributed by atoms with Crippen molar-refractivity contribution in [3.8, 4) is 23.0 Å².